The predicted molar refractivity (Wildman–Crippen MR) is 105 cm³/mol. The van der Waals surface area contributed by atoms with Gasteiger partial charge in [0.25, 0.3) is 12.1 Å². The first kappa shape index (κ1) is 21.2. The Morgan fingerprint density at radius 2 is 2.10 bits per heavy atom. The van der Waals surface area contributed by atoms with Crippen molar-refractivity contribution in [1.29, 1.82) is 0 Å². The molecule has 1 aromatic carbocycles. The van der Waals surface area contributed by atoms with Crippen molar-refractivity contribution in [2.75, 3.05) is 19.0 Å². The zero-order chi connectivity index (χ0) is 21.1. The smallest absolute Gasteiger partial charge is 0.292 e. The molecule has 2 aromatic rings. The highest BCUT2D eigenvalue weighted by Crippen LogP contribution is 2.27. The Morgan fingerprint density at radius 3 is 2.72 bits per heavy atom. The molecule has 0 aliphatic carbocycles. The summed E-state index contributed by atoms with van der Waals surface area (Å²) >= 11 is 6.22. The Balaban J connectivity index is 1.77. The molecular formula is C20H22ClN2O6+. The van der Waals surface area contributed by atoms with Gasteiger partial charge in [-0.25, -0.2) is 0 Å². The number of amides is 1. The number of ether oxygens (including phenoxy) is 2. The number of aliphatic hydroxyl groups excluding tert-OH is 3. The van der Waals surface area contributed by atoms with Crippen LogP contribution in [-0.2, 0) is 9.47 Å². The molecule has 4 N–H and O–H groups in total. The number of methoxy groups -OCH3 is 1. The topological polar surface area (TPSA) is 112 Å². The fourth-order valence-electron chi connectivity index (χ4n) is 3.04. The van der Waals surface area contributed by atoms with Gasteiger partial charge in [-0.15, -0.1) is 0 Å². The van der Waals surface area contributed by atoms with E-state index in [4.69, 9.17) is 21.1 Å². The number of rotatable bonds is 6. The lowest BCUT2D eigenvalue weighted by molar-refractivity contribution is -0.765. The fraction of sp³-hybridized carbons (Fsp3) is 0.300. The summed E-state index contributed by atoms with van der Waals surface area (Å²) in [5, 5.41) is 32.4. The van der Waals surface area contributed by atoms with Gasteiger partial charge in [-0.1, -0.05) is 18.2 Å². The summed E-state index contributed by atoms with van der Waals surface area (Å²) in [6.45, 7) is 3.32. The van der Waals surface area contributed by atoms with Gasteiger partial charge in [0.1, 0.15) is 23.5 Å². The van der Waals surface area contributed by atoms with Gasteiger partial charge >= 0.3 is 0 Å². The molecule has 154 valence electrons. The number of aromatic nitrogens is 1. The Morgan fingerprint density at radius 1 is 1.34 bits per heavy atom. The minimum absolute atomic E-state index is 0.298. The van der Waals surface area contributed by atoms with E-state index >= 15 is 0 Å². The van der Waals surface area contributed by atoms with E-state index in [0.717, 1.165) is 0 Å². The van der Waals surface area contributed by atoms with Crippen LogP contribution in [0.3, 0.4) is 0 Å². The summed E-state index contributed by atoms with van der Waals surface area (Å²) in [4.78, 5) is 12.6. The van der Waals surface area contributed by atoms with E-state index in [2.05, 4.69) is 11.9 Å². The molecule has 29 heavy (non-hydrogen) atoms. The summed E-state index contributed by atoms with van der Waals surface area (Å²) in [5.74, 6) is 0.0101. The first-order chi connectivity index (χ1) is 13.8. The highest BCUT2D eigenvalue weighted by molar-refractivity contribution is 6.32. The average molecular weight is 422 g/mol. The number of aliphatic hydroxyl groups is 3. The van der Waals surface area contributed by atoms with Crippen LogP contribution >= 0.6 is 11.6 Å². The molecule has 1 amide bonds. The molecule has 1 fully saturated rings. The predicted octanol–water partition coefficient (Wildman–Crippen LogP) is 1.11. The summed E-state index contributed by atoms with van der Waals surface area (Å²) in [5.41, 5.74) is 1.40. The van der Waals surface area contributed by atoms with Crippen molar-refractivity contribution in [3.63, 3.8) is 0 Å². The number of carbonyl (C=O) groups excluding carboxylic acids is 1. The molecule has 4 atom stereocenters. The van der Waals surface area contributed by atoms with Gasteiger partial charge in [0, 0.05) is 17.3 Å². The van der Waals surface area contributed by atoms with Crippen LogP contribution < -0.4 is 9.88 Å². The normalized spacial score (nSPS) is 23.6. The number of carbonyl (C=O) groups is 1. The molecule has 0 bridgehead atoms. The number of nitrogens with one attached hydrogen (secondary N) is 1. The highest BCUT2D eigenvalue weighted by atomic mass is 35.5. The van der Waals surface area contributed by atoms with Gasteiger partial charge in [-0.3, -0.25) is 4.79 Å². The van der Waals surface area contributed by atoms with Crippen molar-refractivity contribution in [3.05, 3.63) is 65.5 Å². The van der Waals surface area contributed by atoms with Crippen molar-refractivity contribution in [2.45, 2.75) is 24.5 Å². The molecule has 2 heterocycles. The van der Waals surface area contributed by atoms with Crippen LogP contribution in [0.2, 0.25) is 5.02 Å². The first-order valence-electron chi connectivity index (χ1n) is 8.83. The highest BCUT2D eigenvalue weighted by Gasteiger charge is 2.48. The Bertz CT molecular complexity index is 922. The summed E-state index contributed by atoms with van der Waals surface area (Å²) in [7, 11) is 1.49. The Labute approximate surface area is 172 Å². The zero-order valence-electron chi connectivity index (χ0n) is 15.7. The van der Waals surface area contributed by atoms with Crippen molar-refractivity contribution in [1.82, 2.24) is 0 Å². The van der Waals surface area contributed by atoms with Gasteiger partial charge in [0.15, 0.2) is 18.5 Å². The second-order valence-electron chi connectivity index (χ2n) is 6.54. The van der Waals surface area contributed by atoms with Crippen molar-refractivity contribution in [2.24, 2.45) is 0 Å². The van der Waals surface area contributed by atoms with Crippen LogP contribution in [-0.4, -0.2) is 53.3 Å². The summed E-state index contributed by atoms with van der Waals surface area (Å²) < 4.78 is 12.0. The monoisotopic (exact) mass is 421 g/mol. The third-order valence-electron chi connectivity index (χ3n) is 4.67. The van der Waals surface area contributed by atoms with Gasteiger partial charge in [-0.05, 0) is 24.3 Å². The minimum Gasteiger partial charge on any atom is -0.497 e. The lowest BCUT2D eigenvalue weighted by Gasteiger charge is -2.11. The second kappa shape index (κ2) is 8.89. The van der Waals surface area contributed by atoms with E-state index in [1.165, 1.54) is 17.9 Å². The number of pyridine rings is 1. The minimum atomic E-state index is -1.24. The van der Waals surface area contributed by atoms with Crippen molar-refractivity contribution in [3.8, 4) is 0 Å². The number of nitrogens with zero attached hydrogens (tertiary/aromatic N) is 1. The number of halogens is 1. The number of benzene rings is 1. The molecule has 1 aliphatic heterocycles. The Kier molecular flexibility index (Phi) is 6.51. The van der Waals surface area contributed by atoms with E-state index < -0.39 is 37.1 Å². The third kappa shape index (κ3) is 4.42. The molecule has 0 radical (unpaired) electrons. The molecule has 1 aromatic heterocycles. The fourth-order valence-corrected chi connectivity index (χ4v) is 3.33. The molecule has 0 saturated carbocycles. The van der Waals surface area contributed by atoms with Crippen LogP contribution in [0.15, 0.2) is 49.3 Å². The maximum atomic E-state index is 12.6. The van der Waals surface area contributed by atoms with Gasteiger partial charge in [-0.2, -0.15) is 4.57 Å². The van der Waals surface area contributed by atoms with Crippen LogP contribution in [0.4, 0.5) is 5.69 Å². The van der Waals surface area contributed by atoms with Gasteiger partial charge < -0.3 is 30.1 Å². The molecule has 0 unspecified atom stereocenters. The largest absolute Gasteiger partial charge is 0.497 e. The summed E-state index contributed by atoms with van der Waals surface area (Å²) in [6.07, 6.45) is -1.21. The molecule has 9 heteroatoms. The van der Waals surface area contributed by atoms with E-state index in [9.17, 15) is 20.1 Å². The molecule has 3 rings (SSSR count). The van der Waals surface area contributed by atoms with Crippen molar-refractivity contribution < 1.29 is 34.2 Å². The third-order valence-corrected chi connectivity index (χ3v) is 4.98. The Hall–Kier alpha value is -2.49. The maximum absolute atomic E-state index is 12.6. The van der Waals surface area contributed by atoms with E-state index in [0.29, 0.717) is 27.6 Å². The molecule has 1 aliphatic rings. The average Bonchev–Trinajstić information content (AvgIpc) is 3.02. The van der Waals surface area contributed by atoms with Crippen molar-refractivity contribution >= 4 is 29.0 Å². The van der Waals surface area contributed by atoms with Crippen LogP contribution in [0.5, 0.6) is 0 Å². The number of hydrogen-bond donors (Lipinski definition) is 4. The molecule has 0 spiro atoms. The summed E-state index contributed by atoms with van der Waals surface area (Å²) in [6, 6.07) is 8.15. The lowest BCUT2D eigenvalue weighted by Crippen LogP contribution is -2.46. The quantitative estimate of drug-likeness (QED) is 0.410. The molecular weight excluding hydrogens is 400 g/mol. The van der Waals surface area contributed by atoms with Crippen LogP contribution in [0.25, 0.3) is 5.76 Å². The van der Waals surface area contributed by atoms with E-state index in [1.807, 2.05) is 0 Å². The molecule has 8 nitrogen and oxygen atoms in total. The van der Waals surface area contributed by atoms with Crippen LogP contribution in [0, 0.1) is 0 Å². The second-order valence-corrected chi connectivity index (χ2v) is 6.95. The van der Waals surface area contributed by atoms with Gasteiger partial charge in [0.05, 0.1) is 18.7 Å². The lowest BCUT2D eigenvalue weighted by atomic mass is 10.1. The van der Waals surface area contributed by atoms with Gasteiger partial charge in [0.2, 0.25) is 0 Å². The van der Waals surface area contributed by atoms with Crippen LogP contribution in [0.1, 0.15) is 22.1 Å². The first-order valence-corrected chi connectivity index (χ1v) is 9.21. The standard InChI is InChI=1S/C20H21ClN2O6/c1-11(28-2)14-6-5-13(8-15(14)21)22-19(27)12-4-3-7-23(9-12)20-18(26)17(25)16(10-24)29-20/h3-9,16-18,20,24-26H,1,10H2,2H3/p+1/t16-,17-,18-,20-/m1/s1. The zero-order valence-corrected chi connectivity index (χ0v) is 16.4. The SMILES string of the molecule is C=C(OC)c1ccc(NC(=O)c2ccc[n+]([C@@H]3O[C@H](CO)[C@@H](O)[C@H]3O)c2)cc1Cl. The number of hydrogen-bond acceptors (Lipinski definition) is 6. The van der Waals surface area contributed by atoms with E-state index in [1.54, 1.807) is 36.5 Å². The molecule has 1 saturated heterocycles. The number of anilines is 1. The maximum Gasteiger partial charge on any atom is 0.292 e. The van der Waals surface area contributed by atoms with E-state index in [-0.39, 0.29) is 0 Å².